The molecule has 0 saturated carbocycles. The van der Waals surface area contributed by atoms with Crippen LogP contribution in [0.5, 0.6) is 0 Å². The number of hydrogen-bond donors (Lipinski definition) is 1. The first-order chi connectivity index (χ1) is 9.26. The van der Waals surface area contributed by atoms with Crippen LogP contribution in [0.2, 0.25) is 10.0 Å². The van der Waals surface area contributed by atoms with Crippen molar-refractivity contribution in [2.75, 3.05) is 5.73 Å². The van der Waals surface area contributed by atoms with E-state index in [1.165, 1.54) is 0 Å². The number of halogens is 2. The quantitative estimate of drug-likeness (QED) is 0.828. The predicted octanol–water partition coefficient (Wildman–Crippen LogP) is 4.66. The highest BCUT2D eigenvalue weighted by Crippen LogP contribution is 2.33. The van der Waals surface area contributed by atoms with Gasteiger partial charge in [-0.05, 0) is 12.1 Å². The molecule has 20 heavy (non-hydrogen) atoms. The molecule has 2 rings (SSSR count). The molecule has 0 fully saturated rings. The van der Waals surface area contributed by atoms with Gasteiger partial charge in [-0.1, -0.05) is 49.1 Å². The van der Waals surface area contributed by atoms with Crippen LogP contribution < -0.4 is 5.73 Å². The zero-order valence-corrected chi connectivity index (χ0v) is 13.7. The van der Waals surface area contributed by atoms with Crippen LogP contribution >= 0.6 is 35.0 Å². The number of thioether (sulfide) groups is 1. The molecule has 108 valence electrons. The maximum Gasteiger partial charge on any atom is 0.258 e. The fourth-order valence-electron chi connectivity index (χ4n) is 1.42. The molecule has 1 aromatic heterocycles. The summed E-state index contributed by atoms with van der Waals surface area (Å²) in [6.45, 7) is 6.41. The van der Waals surface area contributed by atoms with Gasteiger partial charge in [0.25, 0.3) is 5.89 Å². The fraction of sp³-hybridized carbons (Fsp3) is 0.385. The van der Waals surface area contributed by atoms with Crippen molar-refractivity contribution in [2.24, 2.45) is 0 Å². The molecule has 0 aliphatic heterocycles. The number of nitrogens with two attached hydrogens (primary N) is 1. The van der Waals surface area contributed by atoms with Crippen molar-refractivity contribution in [2.45, 2.75) is 31.3 Å². The Hall–Kier alpha value is -0.910. The number of benzene rings is 1. The van der Waals surface area contributed by atoms with Gasteiger partial charge in [0.05, 0.1) is 21.5 Å². The Morgan fingerprint density at radius 1 is 1.25 bits per heavy atom. The summed E-state index contributed by atoms with van der Waals surface area (Å²) in [5.74, 6) is 1.71. The van der Waals surface area contributed by atoms with Crippen molar-refractivity contribution in [1.29, 1.82) is 0 Å². The summed E-state index contributed by atoms with van der Waals surface area (Å²) in [5, 5.41) is 4.70. The minimum Gasteiger partial charge on any atom is -0.396 e. The summed E-state index contributed by atoms with van der Waals surface area (Å²) in [4.78, 5) is 4.34. The minimum atomic E-state index is 0.147. The van der Waals surface area contributed by atoms with E-state index in [-0.39, 0.29) is 4.75 Å². The monoisotopic (exact) mass is 331 g/mol. The van der Waals surface area contributed by atoms with Crippen LogP contribution in [-0.4, -0.2) is 14.9 Å². The van der Waals surface area contributed by atoms with Gasteiger partial charge >= 0.3 is 0 Å². The Kier molecular flexibility index (Phi) is 4.52. The van der Waals surface area contributed by atoms with Crippen LogP contribution in [-0.2, 0) is 5.75 Å². The second-order valence-electron chi connectivity index (χ2n) is 5.27. The summed E-state index contributed by atoms with van der Waals surface area (Å²) >= 11 is 13.7. The number of nitrogens with zero attached hydrogens (tertiary/aromatic N) is 2. The lowest BCUT2D eigenvalue weighted by Crippen LogP contribution is -2.07. The van der Waals surface area contributed by atoms with E-state index in [4.69, 9.17) is 33.5 Å². The van der Waals surface area contributed by atoms with Crippen molar-refractivity contribution in [3.05, 3.63) is 28.0 Å². The molecular weight excluding hydrogens is 317 g/mol. The maximum atomic E-state index is 5.99. The Bertz CT molecular complexity index is 599. The molecule has 0 radical (unpaired) electrons. The lowest BCUT2D eigenvalue weighted by molar-refractivity contribution is 0.425. The summed E-state index contributed by atoms with van der Waals surface area (Å²) in [5.41, 5.74) is 6.70. The van der Waals surface area contributed by atoms with Crippen molar-refractivity contribution in [3.63, 3.8) is 0 Å². The molecular formula is C13H15Cl2N3OS. The molecule has 0 unspecified atom stereocenters. The number of aromatic nitrogens is 2. The molecule has 4 nitrogen and oxygen atoms in total. The van der Waals surface area contributed by atoms with E-state index in [0.29, 0.717) is 38.8 Å². The van der Waals surface area contributed by atoms with Gasteiger partial charge in [0.2, 0.25) is 0 Å². The first-order valence-corrected chi connectivity index (χ1v) is 7.72. The Morgan fingerprint density at radius 3 is 2.40 bits per heavy atom. The SMILES string of the molecule is CC(C)(C)SCc1noc(-c2cc(Cl)c(N)c(Cl)c2)n1. The average Bonchev–Trinajstić information content (AvgIpc) is 2.81. The van der Waals surface area contributed by atoms with E-state index in [0.717, 1.165) is 0 Å². The Labute approximate surface area is 132 Å². The highest BCUT2D eigenvalue weighted by molar-refractivity contribution is 7.99. The average molecular weight is 332 g/mol. The van der Waals surface area contributed by atoms with Gasteiger partial charge in [0.15, 0.2) is 5.82 Å². The van der Waals surface area contributed by atoms with Gasteiger partial charge in [-0.3, -0.25) is 0 Å². The molecule has 0 aliphatic carbocycles. The van der Waals surface area contributed by atoms with E-state index in [9.17, 15) is 0 Å². The van der Waals surface area contributed by atoms with Crippen LogP contribution in [0.1, 0.15) is 26.6 Å². The van der Waals surface area contributed by atoms with Crippen LogP contribution in [0, 0.1) is 0 Å². The summed E-state index contributed by atoms with van der Waals surface area (Å²) in [7, 11) is 0. The standard InChI is InChI=1S/C13H15Cl2N3OS/c1-13(2,3)20-6-10-17-12(19-18-10)7-4-8(14)11(16)9(15)5-7/h4-5H,6,16H2,1-3H3. The van der Waals surface area contributed by atoms with Crippen LogP contribution in [0.3, 0.4) is 0 Å². The molecule has 7 heteroatoms. The number of anilines is 1. The van der Waals surface area contributed by atoms with E-state index in [1.807, 2.05) is 0 Å². The third-order valence-corrected chi connectivity index (χ3v) is 4.32. The van der Waals surface area contributed by atoms with Gasteiger partial charge < -0.3 is 10.3 Å². The largest absolute Gasteiger partial charge is 0.396 e. The van der Waals surface area contributed by atoms with Crippen molar-refractivity contribution in [1.82, 2.24) is 10.1 Å². The first kappa shape index (κ1) is 15.5. The lowest BCUT2D eigenvalue weighted by Gasteiger charge is -2.15. The molecule has 0 amide bonds. The third-order valence-electron chi connectivity index (χ3n) is 2.43. The zero-order chi connectivity index (χ0) is 14.9. The third kappa shape index (κ3) is 3.81. The molecule has 1 aromatic carbocycles. The summed E-state index contributed by atoms with van der Waals surface area (Å²) < 4.78 is 5.38. The minimum absolute atomic E-state index is 0.147. The smallest absolute Gasteiger partial charge is 0.258 e. The molecule has 0 bridgehead atoms. The number of nitrogen functional groups attached to an aromatic ring is 1. The van der Waals surface area contributed by atoms with Crippen molar-refractivity contribution < 1.29 is 4.52 Å². The number of rotatable bonds is 3. The molecule has 0 aliphatic rings. The second-order valence-corrected chi connectivity index (χ2v) is 7.89. The van der Waals surface area contributed by atoms with Gasteiger partial charge in [-0.25, -0.2) is 0 Å². The lowest BCUT2D eigenvalue weighted by atomic mass is 10.2. The van der Waals surface area contributed by atoms with Gasteiger partial charge in [0.1, 0.15) is 0 Å². The van der Waals surface area contributed by atoms with E-state index >= 15 is 0 Å². The van der Waals surface area contributed by atoms with Crippen molar-refractivity contribution >= 4 is 40.7 Å². The van der Waals surface area contributed by atoms with Crippen LogP contribution in [0.15, 0.2) is 16.7 Å². The topological polar surface area (TPSA) is 64.9 Å². The van der Waals surface area contributed by atoms with Gasteiger partial charge in [-0.2, -0.15) is 4.98 Å². The van der Waals surface area contributed by atoms with E-state index in [1.54, 1.807) is 23.9 Å². The van der Waals surface area contributed by atoms with Crippen molar-refractivity contribution in [3.8, 4) is 11.5 Å². The first-order valence-electron chi connectivity index (χ1n) is 5.98. The Morgan fingerprint density at radius 2 is 1.85 bits per heavy atom. The number of hydrogen-bond acceptors (Lipinski definition) is 5. The maximum absolute atomic E-state index is 5.99. The van der Waals surface area contributed by atoms with Crippen LogP contribution in [0.25, 0.3) is 11.5 Å². The van der Waals surface area contributed by atoms with Crippen LogP contribution in [0.4, 0.5) is 5.69 Å². The summed E-state index contributed by atoms with van der Waals surface area (Å²) in [6.07, 6.45) is 0. The molecule has 0 atom stereocenters. The van der Waals surface area contributed by atoms with Gasteiger partial charge in [-0.15, -0.1) is 11.8 Å². The fourth-order valence-corrected chi connectivity index (χ4v) is 2.59. The summed E-state index contributed by atoms with van der Waals surface area (Å²) in [6, 6.07) is 3.33. The van der Waals surface area contributed by atoms with Gasteiger partial charge in [0, 0.05) is 10.3 Å². The van der Waals surface area contributed by atoms with E-state index in [2.05, 4.69) is 30.9 Å². The Balaban J connectivity index is 2.21. The highest BCUT2D eigenvalue weighted by Gasteiger charge is 2.16. The molecule has 2 N–H and O–H groups in total. The highest BCUT2D eigenvalue weighted by atomic mass is 35.5. The molecule has 0 saturated heterocycles. The van der Waals surface area contributed by atoms with E-state index < -0.39 is 0 Å². The zero-order valence-electron chi connectivity index (χ0n) is 11.4. The molecule has 2 aromatic rings. The second kappa shape index (κ2) is 5.84. The molecule has 0 spiro atoms. The normalized spacial score (nSPS) is 11.8. The molecule has 1 heterocycles. The predicted molar refractivity (Wildman–Crippen MR) is 85.2 cm³/mol.